The van der Waals surface area contributed by atoms with Crippen LogP contribution in [0.4, 0.5) is 0 Å². The van der Waals surface area contributed by atoms with Crippen molar-refractivity contribution in [1.82, 2.24) is 0 Å². The predicted molar refractivity (Wildman–Crippen MR) is 114 cm³/mol. The summed E-state index contributed by atoms with van der Waals surface area (Å²) < 4.78 is 0. The topological polar surface area (TPSA) is 77.4 Å². The minimum atomic E-state index is -0.935. The zero-order chi connectivity index (χ0) is 21.0. The Kier molecular flexibility index (Phi) is 33.7. The van der Waals surface area contributed by atoms with Crippen LogP contribution in [-0.4, -0.2) is 17.0 Å². The normalized spacial score (nSPS) is 12.5. The molecule has 2 atom stereocenters. The summed E-state index contributed by atoms with van der Waals surface area (Å²) in [4.78, 5) is 22.8. The van der Waals surface area contributed by atoms with Crippen LogP contribution >= 0.6 is 0 Å². The summed E-state index contributed by atoms with van der Waals surface area (Å²) in [6.07, 6.45) is 18.3. The van der Waals surface area contributed by atoms with Gasteiger partial charge in [0.05, 0.1) is 5.92 Å². The molecule has 0 aromatic rings. The molecule has 0 aliphatic carbocycles. The number of carboxylic acid groups (broad SMARTS) is 2. The Morgan fingerprint density at radius 2 is 0.900 bits per heavy atom. The maximum absolute atomic E-state index is 11.4. The molecule has 0 saturated carbocycles. The Morgan fingerprint density at radius 1 is 0.600 bits per heavy atom. The van der Waals surface area contributed by atoms with Crippen LogP contribution in [0.1, 0.15) is 129 Å². The number of hydrogen-bond donors (Lipinski definition) is 1. The molecule has 0 spiro atoms. The van der Waals surface area contributed by atoms with E-state index in [4.69, 9.17) is 0 Å². The van der Waals surface area contributed by atoms with Gasteiger partial charge in [-0.05, 0) is 31.6 Å². The van der Waals surface area contributed by atoms with Gasteiger partial charge in [0.25, 0.3) is 0 Å². The second-order valence-corrected chi connectivity index (χ2v) is 8.45. The van der Waals surface area contributed by atoms with E-state index in [0.29, 0.717) is 19.3 Å². The maximum atomic E-state index is 11.4. The van der Waals surface area contributed by atoms with Gasteiger partial charge in [-0.2, -0.15) is 0 Å². The van der Waals surface area contributed by atoms with E-state index >= 15 is 0 Å². The van der Waals surface area contributed by atoms with Crippen LogP contribution in [0.15, 0.2) is 0 Å². The van der Waals surface area contributed by atoms with E-state index < -0.39 is 11.9 Å². The molecule has 0 saturated heterocycles. The molecule has 0 aromatic carbocycles. The molecule has 0 rings (SSSR count). The number of carboxylic acids is 2. The van der Waals surface area contributed by atoms with E-state index in [1.54, 1.807) is 0 Å². The Labute approximate surface area is 271 Å². The van der Waals surface area contributed by atoms with E-state index in [9.17, 15) is 19.8 Å². The van der Waals surface area contributed by atoms with E-state index in [0.717, 1.165) is 44.9 Å². The molecule has 2 unspecified atom stereocenters. The molecule has 1 N–H and O–H groups in total. The zero-order valence-electron chi connectivity index (χ0n) is 20.6. The number of aliphatic carboxylic acids is 2. The molecule has 0 aliphatic rings. The Bertz CT molecular complexity index is 355. The fourth-order valence-corrected chi connectivity index (χ4v) is 3.89. The monoisotopic (exact) mass is 475 g/mol. The van der Waals surface area contributed by atoms with Gasteiger partial charge in [-0.15, -0.1) is 0 Å². The van der Waals surface area contributed by atoms with Crippen LogP contribution in [0.5, 0.6) is 0 Å². The zero-order valence-corrected chi connectivity index (χ0v) is 26.8. The summed E-state index contributed by atoms with van der Waals surface area (Å²) in [7, 11) is 0. The summed E-state index contributed by atoms with van der Waals surface area (Å²) in [6.45, 7) is 4.38. The quantitative estimate of drug-likeness (QED) is 0.189. The van der Waals surface area contributed by atoms with E-state index in [1.165, 1.54) is 51.4 Å². The van der Waals surface area contributed by atoms with Crippen molar-refractivity contribution in [2.75, 3.05) is 0 Å². The van der Waals surface area contributed by atoms with Crippen molar-refractivity contribution in [2.45, 2.75) is 129 Å². The summed E-state index contributed by atoms with van der Waals surface area (Å²) in [6, 6.07) is 0. The number of unbranched alkanes of at least 4 members (excludes halogenated alkanes) is 11. The van der Waals surface area contributed by atoms with Gasteiger partial charge in [-0.3, -0.25) is 4.79 Å². The molecule has 30 heavy (non-hydrogen) atoms. The molecule has 0 heterocycles. The van der Waals surface area contributed by atoms with E-state index in [1.807, 2.05) is 0 Å². The molecule has 0 aliphatic heterocycles. The van der Waals surface area contributed by atoms with Crippen LogP contribution in [0.25, 0.3) is 0 Å². The maximum Gasteiger partial charge on any atom is 1.00 e. The third kappa shape index (κ3) is 23.4. The number of hydrogen-bond acceptors (Lipinski definition) is 3. The standard InChI is InChI=1S/C24H46O4.2K/c1-3-5-7-9-11-13-17-21(23(25)26)19-15-16-20-22(24(27)28)18-14-12-10-8-6-4-2;;/h21-22H,3-20H2,1-2H3,(H,25,26)(H,27,28);;/q;2*+1/p-1. The molecule has 0 aromatic heterocycles. The van der Waals surface area contributed by atoms with E-state index in [2.05, 4.69) is 13.8 Å². The minimum absolute atomic E-state index is 0. The second-order valence-electron chi connectivity index (χ2n) is 8.45. The van der Waals surface area contributed by atoms with Crippen LogP contribution < -0.4 is 108 Å². The molecular weight excluding hydrogens is 430 g/mol. The van der Waals surface area contributed by atoms with Crippen molar-refractivity contribution in [3.63, 3.8) is 0 Å². The fourth-order valence-electron chi connectivity index (χ4n) is 3.89. The van der Waals surface area contributed by atoms with Gasteiger partial charge in [0.2, 0.25) is 0 Å². The average molecular weight is 476 g/mol. The van der Waals surface area contributed by atoms with Gasteiger partial charge < -0.3 is 15.0 Å². The summed E-state index contributed by atoms with van der Waals surface area (Å²) in [5, 5.41) is 20.8. The van der Waals surface area contributed by atoms with E-state index in [-0.39, 0.29) is 115 Å². The third-order valence-corrected chi connectivity index (χ3v) is 5.85. The van der Waals surface area contributed by atoms with Crippen molar-refractivity contribution in [1.29, 1.82) is 0 Å². The van der Waals surface area contributed by atoms with Gasteiger partial charge in [0.15, 0.2) is 0 Å². The first-order valence-electron chi connectivity index (χ1n) is 12.0. The van der Waals surface area contributed by atoms with Gasteiger partial charge in [-0.25, -0.2) is 0 Å². The minimum Gasteiger partial charge on any atom is -0.550 e. The molecule has 0 bridgehead atoms. The van der Waals surface area contributed by atoms with Crippen molar-refractivity contribution in [3.8, 4) is 0 Å². The van der Waals surface area contributed by atoms with Gasteiger partial charge in [-0.1, -0.05) is 104 Å². The summed E-state index contributed by atoms with van der Waals surface area (Å²) >= 11 is 0. The Balaban J connectivity index is -0.00000364. The SMILES string of the molecule is CCCCCCCCC(CCCCC(CCCCCCCC)C(=O)O)C(=O)[O-].[K+].[K+]. The molecule has 4 nitrogen and oxygen atoms in total. The number of carbonyl (C=O) groups excluding carboxylic acids is 1. The van der Waals surface area contributed by atoms with Crippen LogP contribution in [0, 0.1) is 11.8 Å². The van der Waals surface area contributed by atoms with Crippen LogP contribution in [-0.2, 0) is 9.59 Å². The van der Waals surface area contributed by atoms with Crippen molar-refractivity contribution in [3.05, 3.63) is 0 Å². The van der Waals surface area contributed by atoms with Gasteiger partial charge in [0.1, 0.15) is 0 Å². The summed E-state index contributed by atoms with van der Waals surface area (Å²) in [5.41, 5.74) is 0. The second kappa shape index (κ2) is 27.5. The first-order valence-corrected chi connectivity index (χ1v) is 12.0. The first-order chi connectivity index (χ1) is 13.5. The smallest absolute Gasteiger partial charge is 0.550 e. The third-order valence-electron chi connectivity index (χ3n) is 5.85. The van der Waals surface area contributed by atoms with Crippen LogP contribution in [0.2, 0.25) is 0 Å². The summed E-state index contributed by atoms with van der Waals surface area (Å²) in [5.74, 6) is -2.27. The number of carbonyl (C=O) groups is 2. The average Bonchev–Trinajstić information content (AvgIpc) is 2.66. The van der Waals surface area contributed by atoms with Crippen LogP contribution in [0.3, 0.4) is 0 Å². The largest absolute Gasteiger partial charge is 1.00 e. The Morgan fingerprint density at radius 3 is 1.23 bits per heavy atom. The van der Waals surface area contributed by atoms with Crippen molar-refractivity contribution in [2.24, 2.45) is 11.8 Å². The molecule has 166 valence electrons. The number of rotatable bonds is 21. The molecule has 0 fully saturated rings. The Hall–Kier alpha value is 2.21. The molecule has 0 amide bonds. The predicted octanol–water partition coefficient (Wildman–Crippen LogP) is 0.123. The van der Waals surface area contributed by atoms with Gasteiger partial charge in [0, 0.05) is 5.97 Å². The molecule has 0 radical (unpaired) electrons. The molecule has 6 heteroatoms. The fraction of sp³-hybridized carbons (Fsp3) is 0.917. The van der Waals surface area contributed by atoms with Crippen molar-refractivity contribution >= 4 is 11.9 Å². The molecular formula is C24H45K2O4+. The first kappa shape index (κ1) is 36.8. The van der Waals surface area contributed by atoms with Gasteiger partial charge >= 0.3 is 109 Å². The van der Waals surface area contributed by atoms with Crippen molar-refractivity contribution < 1.29 is 123 Å².